The van der Waals surface area contributed by atoms with E-state index in [4.69, 9.17) is 10.2 Å². The Hall–Kier alpha value is -1.62. The van der Waals surface area contributed by atoms with Crippen LogP contribution in [0.2, 0.25) is 0 Å². The van der Waals surface area contributed by atoms with Crippen molar-refractivity contribution < 1.29 is 19.8 Å². The van der Waals surface area contributed by atoms with E-state index in [1.54, 1.807) is 27.1 Å². The fourth-order valence-corrected chi connectivity index (χ4v) is 0.680. The molecule has 5 nitrogen and oxygen atoms in total. The summed E-state index contributed by atoms with van der Waals surface area (Å²) in [5.41, 5.74) is 0.341. The van der Waals surface area contributed by atoms with Crippen molar-refractivity contribution in [1.82, 2.24) is 4.90 Å². The van der Waals surface area contributed by atoms with Gasteiger partial charge in [-0.05, 0) is 25.8 Å². The molecule has 0 saturated heterocycles. The molecule has 0 aromatic heterocycles. The molecule has 0 atom stereocenters. The number of carbonyl (C=O) groups excluding carboxylic acids is 1. The highest BCUT2D eigenvalue weighted by molar-refractivity contribution is 5.86. The lowest BCUT2D eigenvalue weighted by Gasteiger charge is -2.03. The van der Waals surface area contributed by atoms with Crippen LogP contribution in [0.25, 0.3) is 0 Å². The SMILES string of the molecule is C=CC(=O)N(C)C.CC(=CCCCO)C(=O)O. The lowest BCUT2D eigenvalue weighted by molar-refractivity contribution is -0.132. The van der Waals surface area contributed by atoms with Crippen LogP contribution in [0, 0.1) is 0 Å². The summed E-state index contributed by atoms with van der Waals surface area (Å²) in [6.45, 7) is 4.95. The molecule has 0 aromatic rings. The van der Waals surface area contributed by atoms with E-state index in [0.717, 1.165) is 0 Å². The summed E-state index contributed by atoms with van der Waals surface area (Å²) in [4.78, 5) is 21.9. The van der Waals surface area contributed by atoms with Crippen LogP contribution in [-0.2, 0) is 9.59 Å². The van der Waals surface area contributed by atoms with Crippen LogP contribution in [0.4, 0.5) is 0 Å². The Labute approximate surface area is 102 Å². The first kappa shape index (κ1) is 17.8. The first-order valence-electron chi connectivity index (χ1n) is 5.21. The van der Waals surface area contributed by atoms with Gasteiger partial charge in [0.1, 0.15) is 0 Å². The number of hydrogen-bond acceptors (Lipinski definition) is 3. The minimum Gasteiger partial charge on any atom is -0.478 e. The van der Waals surface area contributed by atoms with E-state index in [0.29, 0.717) is 18.4 Å². The third-order valence-electron chi connectivity index (χ3n) is 1.77. The van der Waals surface area contributed by atoms with Crippen LogP contribution < -0.4 is 0 Å². The third-order valence-corrected chi connectivity index (χ3v) is 1.77. The van der Waals surface area contributed by atoms with Gasteiger partial charge < -0.3 is 15.1 Å². The van der Waals surface area contributed by atoms with Gasteiger partial charge >= 0.3 is 5.97 Å². The van der Waals surface area contributed by atoms with E-state index >= 15 is 0 Å². The quantitative estimate of drug-likeness (QED) is 0.559. The molecule has 5 heteroatoms. The number of aliphatic hydroxyl groups excluding tert-OH is 1. The van der Waals surface area contributed by atoms with Gasteiger partial charge in [-0.25, -0.2) is 4.79 Å². The highest BCUT2D eigenvalue weighted by atomic mass is 16.4. The van der Waals surface area contributed by atoms with Crippen molar-refractivity contribution in [3.05, 3.63) is 24.3 Å². The van der Waals surface area contributed by atoms with Gasteiger partial charge in [0.25, 0.3) is 0 Å². The number of carbonyl (C=O) groups is 2. The fraction of sp³-hybridized carbons (Fsp3) is 0.500. The van der Waals surface area contributed by atoms with Gasteiger partial charge in [0.05, 0.1) is 0 Å². The molecule has 0 rings (SSSR count). The van der Waals surface area contributed by atoms with E-state index in [1.807, 2.05) is 0 Å². The van der Waals surface area contributed by atoms with Crippen molar-refractivity contribution in [1.29, 1.82) is 0 Å². The minimum atomic E-state index is -0.891. The van der Waals surface area contributed by atoms with Gasteiger partial charge in [0.2, 0.25) is 5.91 Å². The summed E-state index contributed by atoms with van der Waals surface area (Å²) >= 11 is 0. The van der Waals surface area contributed by atoms with Crippen molar-refractivity contribution in [2.75, 3.05) is 20.7 Å². The Balaban J connectivity index is 0. The van der Waals surface area contributed by atoms with Crippen molar-refractivity contribution in [2.24, 2.45) is 0 Å². The molecule has 0 radical (unpaired) electrons. The number of rotatable bonds is 5. The lowest BCUT2D eigenvalue weighted by Crippen LogP contribution is -2.18. The van der Waals surface area contributed by atoms with Crippen LogP contribution in [0.1, 0.15) is 19.8 Å². The number of nitrogens with zero attached hydrogens (tertiary/aromatic N) is 1. The molecule has 17 heavy (non-hydrogen) atoms. The minimum absolute atomic E-state index is 0.0556. The maximum absolute atomic E-state index is 10.3. The molecule has 0 bridgehead atoms. The van der Waals surface area contributed by atoms with Crippen LogP contribution in [0.5, 0.6) is 0 Å². The van der Waals surface area contributed by atoms with Crippen molar-refractivity contribution in [3.63, 3.8) is 0 Å². The van der Waals surface area contributed by atoms with E-state index < -0.39 is 5.97 Å². The third kappa shape index (κ3) is 12.3. The number of amides is 1. The maximum atomic E-state index is 10.3. The van der Waals surface area contributed by atoms with E-state index in [1.165, 1.54) is 11.0 Å². The Bertz CT molecular complexity index is 282. The summed E-state index contributed by atoms with van der Waals surface area (Å²) in [6, 6.07) is 0. The summed E-state index contributed by atoms with van der Waals surface area (Å²) in [6.07, 6.45) is 4.15. The molecule has 0 heterocycles. The second-order valence-corrected chi connectivity index (χ2v) is 3.49. The number of aliphatic hydroxyl groups is 1. The van der Waals surface area contributed by atoms with Gasteiger partial charge in [-0.1, -0.05) is 12.7 Å². The highest BCUT2D eigenvalue weighted by Gasteiger charge is 1.96. The van der Waals surface area contributed by atoms with Gasteiger partial charge in [-0.2, -0.15) is 0 Å². The number of unbranched alkanes of at least 4 members (excludes halogenated alkanes) is 1. The molecule has 2 N–H and O–H groups in total. The topological polar surface area (TPSA) is 77.8 Å². The number of allylic oxidation sites excluding steroid dienone is 1. The molecule has 0 aliphatic carbocycles. The van der Waals surface area contributed by atoms with Crippen LogP contribution in [0.3, 0.4) is 0 Å². The summed E-state index contributed by atoms with van der Waals surface area (Å²) in [7, 11) is 3.37. The first-order valence-corrected chi connectivity index (χ1v) is 5.21. The predicted molar refractivity (Wildman–Crippen MR) is 66.6 cm³/mol. The zero-order valence-electron chi connectivity index (χ0n) is 10.6. The standard InChI is InChI=1S/C7H12O3.C5H9NO/c1-6(7(9)10)4-2-3-5-8;1-4-5(7)6(2)3/h4,8H,2-3,5H2,1H3,(H,9,10);4H,1H2,2-3H3. The van der Waals surface area contributed by atoms with Crippen molar-refractivity contribution >= 4 is 11.9 Å². The molecular formula is C12H21NO4. The Morgan fingerprint density at radius 3 is 2.12 bits per heavy atom. The number of hydrogen-bond donors (Lipinski definition) is 2. The molecule has 0 fully saturated rings. The molecule has 0 aromatic carbocycles. The first-order chi connectivity index (χ1) is 7.86. The largest absolute Gasteiger partial charge is 0.478 e. The van der Waals surface area contributed by atoms with Crippen LogP contribution >= 0.6 is 0 Å². The average Bonchev–Trinajstić information content (AvgIpc) is 2.28. The van der Waals surface area contributed by atoms with Gasteiger partial charge in [0.15, 0.2) is 0 Å². The zero-order chi connectivity index (χ0) is 13.8. The van der Waals surface area contributed by atoms with Gasteiger partial charge in [-0.3, -0.25) is 4.79 Å². The molecule has 0 saturated carbocycles. The average molecular weight is 243 g/mol. The number of carboxylic acid groups (broad SMARTS) is 1. The summed E-state index contributed by atoms with van der Waals surface area (Å²) in [5, 5.41) is 16.7. The van der Waals surface area contributed by atoms with Gasteiger partial charge in [0, 0.05) is 26.3 Å². The number of aliphatic carboxylic acids is 1. The van der Waals surface area contributed by atoms with E-state index in [-0.39, 0.29) is 12.5 Å². The van der Waals surface area contributed by atoms with E-state index in [2.05, 4.69) is 6.58 Å². The zero-order valence-corrected chi connectivity index (χ0v) is 10.6. The second-order valence-electron chi connectivity index (χ2n) is 3.49. The molecule has 0 spiro atoms. The van der Waals surface area contributed by atoms with Crippen molar-refractivity contribution in [2.45, 2.75) is 19.8 Å². The molecule has 0 aliphatic rings. The number of carboxylic acids is 1. The molecule has 98 valence electrons. The Morgan fingerprint density at radius 1 is 1.35 bits per heavy atom. The monoisotopic (exact) mass is 243 g/mol. The van der Waals surface area contributed by atoms with Gasteiger partial charge in [-0.15, -0.1) is 0 Å². The highest BCUT2D eigenvalue weighted by Crippen LogP contribution is 1.97. The smallest absolute Gasteiger partial charge is 0.330 e. The number of likely N-dealkylation sites (N-methyl/N-ethyl adjacent to an activating group) is 1. The predicted octanol–water partition coefficient (Wildman–Crippen LogP) is 1.05. The van der Waals surface area contributed by atoms with E-state index in [9.17, 15) is 9.59 Å². The molecule has 1 amide bonds. The Kier molecular flexibility index (Phi) is 11.4. The molecule has 0 aliphatic heterocycles. The van der Waals surface area contributed by atoms with Crippen molar-refractivity contribution in [3.8, 4) is 0 Å². The Morgan fingerprint density at radius 2 is 1.88 bits per heavy atom. The van der Waals surface area contributed by atoms with Crippen LogP contribution in [-0.4, -0.2) is 47.7 Å². The molecular weight excluding hydrogens is 222 g/mol. The maximum Gasteiger partial charge on any atom is 0.330 e. The summed E-state index contributed by atoms with van der Waals surface area (Å²) < 4.78 is 0. The normalized spacial score (nSPS) is 10.0. The second kappa shape index (κ2) is 10.9. The molecule has 0 unspecified atom stereocenters. The summed E-state index contributed by atoms with van der Waals surface area (Å²) in [5.74, 6) is -0.946. The van der Waals surface area contributed by atoms with Crippen LogP contribution in [0.15, 0.2) is 24.3 Å². The lowest BCUT2D eigenvalue weighted by atomic mass is 10.2. The fourth-order valence-electron chi connectivity index (χ4n) is 0.680.